The summed E-state index contributed by atoms with van der Waals surface area (Å²) in [5, 5.41) is 9.99. The van der Waals surface area contributed by atoms with Crippen LogP contribution in [0.1, 0.15) is 10.4 Å². The molecule has 0 amide bonds. The highest BCUT2D eigenvalue weighted by Crippen LogP contribution is 2.36. The third kappa shape index (κ3) is 2.20. The molecule has 3 nitrogen and oxygen atoms in total. The third-order valence-electron chi connectivity index (χ3n) is 2.91. The molecule has 0 radical (unpaired) electrons. The fourth-order valence-electron chi connectivity index (χ4n) is 1.87. The maximum atomic E-state index is 9.99. The van der Waals surface area contributed by atoms with Gasteiger partial charge in [0.2, 0.25) is 5.88 Å². The number of hydrogen-bond donors (Lipinski definition) is 1. The van der Waals surface area contributed by atoms with Crippen molar-refractivity contribution in [3.05, 3.63) is 37.1 Å². The highest BCUT2D eigenvalue weighted by molar-refractivity contribution is 9.10. The van der Waals surface area contributed by atoms with Crippen LogP contribution in [-0.2, 0) is 7.05 Å². The molecule has 0 spiro atoms. The Morgan fingerprint density at radius 1 is 1.47 bits per heavy atom. The van der Waals surface area contributed by atoms with Gasteiger partial charge in [0, 0.05) is 28.9 Å². The quantitative estimate of drug-likeness (QED) is 0.765. The van der Waals surface area contributed by atoms with Crippen molar-refractivity contribution in [2.24, 2.45) is 12.0 Å². The van der Waals surface area contributed by atoms with Crippen LogP contribution < -0.4 is 0 Å². The number of allylic oxidation sites excluding steroid dienone is 1. The van der Waals surface area contributed by atoms with E-state index in [-0.39, 0.29) is 5.88 Å². The predicted molar refractivity (Wildman–Crippen MR) is 86.0 cm³/mol. The number of rotatable bonds is 1. The van der Waals surface area contributed by atoms with E-state index in [2.05, 4.69) is 20.9 Å². The number of benzene rings is 1. The van der Waals surface area contributed by atoms with E-state index in [9.17, 15) is 5.11 Å². The Labute approximate surface area is 127 Å². The van der Waals surface area contributed by atoms with Crippen molar-refractivity contribution in [2.75, 3.05) is 0 Å². The molecule has 19 heavy (non-hydrogen) atoms. The summed E-state index contributed by atoms with van der Waals surface area (Å²) in [5.74, 6) is 0.194. The number of aromatic hydroxyl groups is 1. The molecular weight excluding hydrogens is 344 g/mol. The molecule has 0 fully saturated rings. The normalized spacial score (nSPS) is 15.2. The molecule has 1 aromatic carbocycles. The SMILES string of the molecule is Cn1c(O)c(/C=C2\C=Nc3ccc(Br)cc32)sc1=S. The summed E-state index contributed by atoms with van der Waals surface area (Å²) in [4.78, 5) is 5.10. The van der Waals surface area contributed by atoms with Gasteiger partial charge in [-0.25, -0.2) is 0 Å². The summed E-state index contributed by atoms with van der Waals surface area (Å²) in [6, 6.07) is 5.94. The van der Waals surface area contributed by atoms with E-state index in [1.165, 1.54) is 11.3 Å². The van der Waals surface area contributed by atoms with Crippen LogP contribution in [0.2, 0.25) is 0 Å². The average Bonchev–Trinajstić information content (AvgIpc) is 2.88. The molecule has 0 unspecified atom stereocenters. The minimum absolute atomic E-state index is 0.194. The number of hydrogen-bond acceptors (Lipinski definition) is 4. The summed E-state index contributed by atoms with van der Waals surface area (Å²) < 4.78 is 3.25. The number of aliphatic imine (C=N–C) groups is 1. The largest absolute Gasteiger partial charge is 0.493 e. The maximum Gasteiger partial charge on any atom is 0.210 e. The average molecular weight is 353 g/mol. The van der Waals surface area contributed by atoms with Gasteiger partial charge < -0.3 is 5.11 Å². The van der Waals surface area contributed by atoms with Crippen LogP contribution in [-0.4, -0.2) is 15.9 Å². The summed E-state index contributed by atoms with van der Waals surface area (Å²) in [6.45, 7) is 0. The molecule has 6 heteroatoms. The molecule has 1 aliphatic heterocycles. The van der Waals surface area contributed by atoms with Gasteiger partial charge >= 0.3 is 0 Å². The Morgan fingerprint density at radius 3 is 2.95 bits per heavy atom. The third-order valence-corrected chi connectivity index (χ3v) is 4.89. The molecule has 0 bridgehead atoms. The lowest BCUT2D eigenvalue weighted by atomic mass is 10.1. The molecule has 0 atom stereocenters. The summed E-state index contributed by atoms with van der Waals surface area (Å²) >= 11 is 9.99. The van der Waals surface area contributed by atoms with E-state index in [0.29, 0.717) is 3.95 Å². The highest BCUT2D eigenvalue weighted by atomic mass is 79.9. The van der Waals surface area contributed by atoms with Crippen LogP contribution in [0.3, 0.4) is 0 Å². The van der Waals surface area contributed by atoms with E-state index in [4.69, 9.17) is 12.2 Å². The van der Waals surface area contributed by atoms with Gasteiger partial charge in [-0.15, -0.1) is 11.3 Å². The smallest absolute Gasteiger partial charge is 0.210 e. The van der Waals surface area contributed by atoms with E-state index >= 15 is 0 Å². The predicted octanol–water partition coefficient (Wildman–Crippen LogP) is 4.54. The Bertz CT molecular complexity index is 786. The van der Waals surface area contributed by atoms with Crippen molar-refractivity contribution in [3.8, 4) is 5.88 Å². The first-order valence-corrected chi connectivity index (χ1v) is 7.52. The molecule has 96 valence electrons. The molecule has 1 aliphatic rings. The van der Waals surface area contributed by atoms with Gasteiger partial charge in [0.25, 0.3) is 0 Å². The zero-order valence-corrected chi connectivity index (χ0v) is 13.1. The van der Waals surface area contributed by atoms with E-state index in [1.54, 1.807) is 17.8 Å². The number of nitrogens with zero attached hydrogens (tertiary/aromatic N) is 2. The van der Waals surface area contributed by atoms with Gasteiger partial charge in [0.15, 0.2) is 3.95 Å². The second-order valence-electron chi connectivity index (χ2n) is 4.13. The second-order valence-corrected chi connectivity index (χ2v) is 6.73. The van der Waals surface area contributed by atoms with Crippen molar-refractivity contribution < 1.29 is 5.11 Å². The highest BCUT2D eigenvalue weighted by Gasteiger charge is 2.14. The zero-order chi connectivity index (χ0) is 13.6. The molecule has 0 saturated heterocycles. The standard InChI is InChI=1S/C13H9BrN2OS2/c1-16-12(17)11(19-13(16)18)4-7-6-15-10-3-2-8(14)5-9(7)10/h2-6,17H,1H3/b7-4+. The van der Waals surface area contributed by atoms with Crippen molar-refractivity contribution in [1.82, 2.24) is 4.57 Å². The molecule has 0 saturated carbocycles. The Hall–Kier alpha value is -1.24. The van der Waals surface area contributed by atoms with Gasteiger partial charge in [-0.2, -0.15) is 0 Å². The van der Waals surface area contributed by atoms with Gasteiger partial charge in [-0.3, -0.25) is 9.56 Å². The second kappa shape index (κ2) is 4.70. The van der Waals surface area contributed by atoms with Crippen LogP contribution >= 0.6 is 39.5 Å². The fraction of sp³-hybridized carbons (Fsp3) is 0.0769. The van der Waals surface area contributed by atoms with E-state index < -0.39 is 0 Å². The minimum atomic E-state index is 0.194. The minimum Gasteiger partial charge on any atom is -0.493 e. The maximum absolute atomic E-state index is 9.99. The number of halogens is 1. The molecule has 1 N–H and O–H groups in total. The van der Waals surface area contributed by atoms with E-state index in [1.807, 2.05) is 24.3 Å². The molecule has 1 aromatic heterocycles. The fourth-order valence-corrected chi connectivity index (χ4v) is 3.41. The first-order valence-electron chi connectivity index (χ1n) is 5.51. The summed E-state index contributed by atoms with van der Waals surface area (Å²) in [5.41, 5.74) is 2.97. The molecule has 2 heterocycles. The van der Waals surface area contributed by atoms with Crippen LogP contribution in [0.25, 0.3) is 11.6 Å². The van der Waals surface area contributed by atoms with Crippen molar-refractivity contribution >= 4 is 63.0 Å². The van der Waals surface area contributed by atoms with Gasteiger partial charge in [-0.1, -0.05) is 15.9 Å². The van der Waals surface area contributed by atoms with Crippen LogP contribution in [0.5, 0.6) is 5.88 Å². The van der Waals surface area contributed by atoms with Gasteiger partial charge in [-0.05, 0) is 36.5 Å². The first kappa shape index (κ1) is 12.8. The number of fused-ring (bicyclic) bond motifs is 1. The molecular formula is C13H9BrN2OS2. The number of thiazole rings is 1. The zero-order valence-electron chi connectivity index (χ0n) is 9.92. The summed E-state index contributed by atoms with van der Waals surface area (Å²) in [7, 11) is 1.75. The van der Waals surface area contributed by atoms with Crippen molar-refractivity contribution in [1.29, 1.82) is 0 Å². The number of aromatic nitrogens is 1. The first-order chi connectivity index (χ1) is 9.06. The Balaban J connectivity index is 2.13. The van der Waals surface area contributed by atoms with Crippen molar-refractivity contribution in [3.63, 3.8) is 0 Å². The lowest BCUT2D eigenvalue weighted by molar-refractivity contribution is 0.430. The molecule has 3 rings (SSSR count). The Morgan fingerprint density at radius 2 is 2.26 bits per heavy atom. The monoisotopic (exact) mass is 352 g/mol. The molecule has 2 aromatic rings. The summed E-state index contributed by atoms with van der Waals surface area (Å²) in [6.07, 6.45) is 3.72. The van der Waals surface area contributed by atoms with Crippen LogP contribution in [0, 0.1) is 3.95 Å². The van der Waals surface area contributed by atoms with Crippen LogP contribution in [0.4, 0.5) is 5.69 Å². The van der Waals surface area contributed by atoms with Crippen LogP contribution in [0.15, 0.2) is 27.7 Å². The van der Waals surface area contributed by atoms with Crippen molar-refractivity contribution in [2.45, 2.75) is 0 Å². The van der Waals surface area contributed by atoms with Gasteiger partial charge in [0.05, 0.1) is 10.6 Å². The lowest BCUT2D eigenvalue weighted by Crippen LogP contribution is -1.85. The topological polar surface area (TPSA) is 37.5 Å². The lowest BCUT2D eigenvalue weighted by Gasteiger charge is -2.00. The van der Waals surface area contributed by atoms with Gasteiger partial charge in [0.1, 0.15) is 0 Å². The van der Waals surface area contributed by atoms with E-state index in [0.717, 1.165) is 26.2 Å². The molecule has 0 aliphatic carbocycles. The Kier molecular flexibility index (Phi) is 3.16.